The summed E-state index contributed by atoms with van der Waals surface area (Å²) in [6, 6.07) is 8.22. The molecule has 0 fully saturated rings. The third-order valence-electron chi connectivity index (χ3n) is 3.06. The van der Waals surface area contributed by atoms with Crippen LogP contribution in [0.1, 0.15) is 19.6 Å². The second-order valence-electron chi connectivity index (χ2n) is 5.21. The Morgan fingerprint density at radius 2 is 1.67 bits per heavy atom. The molecule has 8 heteroatoms. The van der Waals surface area contributed by atoms with E-state index in [4.69, 9.17) is 4.52 Å². The number of aromatic nitrogens is 1. The van der Waals surface area contributed by atoms with Crippen molar-refractivity contribution in [2.24, 2.45) is 0 Å². The molecule has 2 aromatic rings. The lowest BCUT2D eigenvalue weighted by molar-refractivity contribution is -0.120. The van der Waals surface area contributed by atoms with Crippen molar-refractivity contribution in [1.82, 2.24) is 5.16 Å². The number of amides is 3. The highest BCUT2D eigenvalue weighted by molar-refractivity contribution is 6.01. The third-order valence-corrected chi connectivity index (χ3v) is 3.06. The van der Waals surface area contributed by atoms with Gasteiger partial charge >= 0.3 is 0 Å². The predicted molar refractivity (Wildman–Crippen MR) is 88.6 cm³/mol. The summed E-state index contributed by atoms with van der Waals surface area (Å²) in [5.74, 6) is -0.0363. The molecular weight excluding hydrogens is 312 g/mol. The summed E-state index contributed by atoms with van der Waals surface area (Å²) in [4.78, 5) is 36.0. The van der Waals surface area contributed by atoms with Crippen molar-refractivity contribution in [2.75, 3.05) is 22.1 Å². The molecule has 0 unspecified atom stereocenters. The average molecular weight is 330 g/mol. The number of benzene rings is 1. The van der Waals surface area contributed by atoms with Crippen LogP contribution in [0.3, 0.4) is 0 Å². The highest BCUT2D eigenvalue weighted by Crippen LogP contribution is 2.16. The molecule has 0 aliphatic rings. The van der Waals surface area contributed by atoms with E-state index in [1.807, 2.05) is 0 Å². The number of anilines is 3. The van der Waals surface area contributed by atoms with Crippen molar-refractivity contribution in [3.63, 3.8) is 0 Å². The molecule has 126 valence electrons. The van der Waals surface area contributed by atoms with Crippen LogP contribution in [0.2, 0.25) is 0 Å². The maximum Gasteiger partial charge on any atom is 0.244 e. The second kappa shape index (κ2) is 7.40. The molecule has 0 saturated carbocycles. The van der Waals surface area contributed by atoms with E-state index in [-0.39, 0.29) is 30.1 Å². The van der Waals surface area contributed by atoms with E-state index in [0.29, 0.717) is 17.1 Å². The summed E-state index contributed by atoms with van der Waals surface area (Å²) in [7, 11) is 0. The zero-order valence-electron chi connectivity index (χ0n) is 13.6. The topological polar surface area (TPSA) is 105 Å². The molecular formula is C16H18N4O4. The first-order chi connectivity index (χ1) is 11.3. The number of hydrogen-bond acceptors (Lipinski definition) is 5. The summed E-state index contributed by atoms with van der Waals surface area (Å²) in [5.41, 5.74) is 1.18. The van der Waals surface area contributed by atoms with E-state index in [1.165, 1.54) is 18.7 Å². The van der Waals surface area contributed by atoms with Crippen molar-refractivity contribution in [3.8, 4) is 0 Å². The second-order valence-corrected chi connectivity index (χ2v) is 5.21. The van der Waals surface area contributed by atoms with Gasteiger partial charge in [-0.15, -0.1) is 0 Å². The fourth-order valence-electron chi connectivity index (χ4n) is 2.02. The Morgan fingerprint density at radius 3 is 2.12 bits per heavy atom. The van der Waals surface area contributed by atoms with Crippen molar-refractivity contribution in [1.29, 1.82) is 0 Å². The molecule has 0 radical (unpaired) electrons. The lowest BCUT2D eigenvalue weighted by atomic mass is 10.2. The minimum Gasteiger partial charge on any atom is -0.360 e. The van der Waals surface area contributed by atoms with Crippen LogP contribution in [0.25, 0.3) is 0 Å². The van der Waals surface area contributed by atoms with Gasteiger partial charge < -0.3 is 15.2 Å². The van der Waals surface area contributed by atoms with Crippen molar-refractivity contribution in [3.05, 3.63) is 36.1 Å². The van der Waals surface area contributed by atoms with Gasteiger partial charge in [-0.05, 0) is 31.2 Å². The minimum atomic E-state index is -0.377. The maximum atomic E-state index is 12.1. The molecule has 1 heterocycles. The fourth-order valence-corrected chi connectivity index (χ4v) is 2.02. The maximum absolute atomic E-state index is 12.1. The van der Waals surface area contributed by atoms with E-state index < -0.39 is 0 Å². The molecule has 0 bridgehead atoms. The highest BCUT2D eigenvalue weighted by atomic mass is 16.5. The molecule has 0 aliphatic carbocycles. The third kappa shape index (κ3) is 4.67. The molecule has 8 nitrogen and oxygen atoms in total. The van der Waals surface area contributed by atoms with Gasteiger partial charge in [-0.25, -0.2) is 0 Å². The highest BCUT2D eigenvalue weighted by Gasteiger charge is 2.19. The van der Waals surface area contributed by atoms with Crippen molar-refractivity contribution in [2.45, 2.75) is 20.8 Å². The smallest absolute Gasteiger partial charge is 0.244 e. The molecule has 0 atom stereocenters. The number of hydrogen-bond donors (Lipinski definition) is 2. The first kappa shape index (κ1) is 17.2. The lowest BCUT2D eigenvalue weighted by Crippen LogP contribution is -2.36. The summed E-state index contributed by atoms with van der Waals surface area (Å²) in [5, 5.41) is 9.06. The summed E-state index contributed by atoms with van der Waals surface area (Å²) in [6.45, 7) is 4.28. The van der Waals surface area contributed by atoms with Crippen LogP contribution in [0, 0.1) is 6.92 Å². The molecule has 2 N–H and O–H groups in total. The minimum absolute atomic E-state index is 0.174. The van der Waals surface area contributed by atoms with Gasteiger partial charge in [0, 0.05) is 31.3 Å². The standard InChI is InChI=1S/C16H18N4O4/c1-10-8-15(19-24-10)20(12(3)22)9-16(23)18-14-6-4-13(5-7-14)17-11(2)21/h4-8H,9H2,1-3H3,(H,17,21)(H,18,23). The summed E-state index contributed by atoms with van der Waals surface area (Å²) < 4.78 is 4.93. The Hall–Kier alpha value is -3.16. The van der Waals surface area contributed by atoms with E-state index >= 15 is 0 Å². The largest absolute Gasteiger partial charge is 0.360 e. The monoisotopic (exact) mass is 330 g/mol. The Morgan fingerprint density at radius 1 is 1.08 bits per heavy atom. The average Bonchev–Trinajstić information content (AvgIpc) is 2.92. The van der Waals surface area contributed by atoms with Crippen LogP contribution in [0.5, 0.6) is 0 Å². The molecule has 1 aromatic heterocycles. The summed E-state index contributed by atoms with van der Waals surface area (Å²) >= 11 is 0. The zero-order valence-corrected chi connectivity index (χ0v) is 13.6. The number of carbonyl (C=O) groups excluding carboxylic acids is 3. The van der Waals surface area contributed by atoms with E-state index in [9.17, 15) is 14.4 Å². The Bertz CT molecular complexity index is 752. The lowest BCUT2D eigenvalue weighted by Gasteiger charge is -2.17. The quantitative estimate of drug-likeness (QED) is 0.871. The van der Waals surface area contributed by atoms with Crippen LogP contribution >= 0.6 is 0 Å². The molecule has 0 aliphatic heterocycles. The molecule has 2 rings (SSSR count). The molecule has 3 amide bonds. The van der Waals surface area contributed by atoms with Gasteiger partial charge in [0.1, 0.15) is 12.3 Å². The summed E-state index contributed by atoms with van der Waals surface area (Å²) in [6.07, 6.45) is 0. The molecule has 1 aromatic carbocycles. The molecule has 0 saturated heterocycles. The van der Waals surface area contributed by atoms with Gasteiger partial charge in [0.05, 0.1) is 0 Å². The first-order valence-corrected chi connectivity index (χ1v) is 7.24. The van der Waals surface area contributed by atoms with Gasteiger partial charge in [-0.2, -0.15) is 0 Å². The Balaban J connectivity index is 2.00. The van der Waals surface area contributed by atoms with Crippen LogP contribution < -0.4 is 15.5 Å². The number of nitrogens with one attached hydrogen (secondary N) is 2. The number of nitrogens with zero attached hydrogens (tertiary/aromatic N) is 2. The van der Waals surface area contributed by atoms with Crippen LogP contribution in [-0.2, 0) is 14.4 Å². The van der Waals surface area contributed by atoms with Gasteiger partial charge in [-0.1, -0.05) is 5.16 Å². The van der Waals surface area contributed by atoms with Crippen molar-refractivity contribution < 1.29 is 18.9 Å². The van der Waals surface area contributed by atoms with Crippen LogP contribution in [0.4, 0.5) is 17.2 Å². The first-order valence-electron chi connectivity index (χ1n) is 7.24. The normalized spacial score (nSPS) is 10.1. The van der Waals surface area contributed by atoms with Gasteiger partial charge in [0.2, 0.25) is 17.7 Å². The van der Waals surface area contributed by atoms with E-state index in [0.717, 1.165) is 0 Å². The molecule has 24 heavy (non-hydrogen) atoms. The zero-order chi connectivity index (χ0) is 17.7. The van der Waals surface area contributed by atoms with Gasteiger partial charge in [-0.3, -0.25) is 19.3 Å². The molecule has 0 spiro atoms. The predicted octanol–water partition coefficient (Wildman–Crippen LogP) is 1.93. The fraction of sp³-hybridized carbons (Fsp3) is 0.250. The Kier molecular flexibility index (Phi) is 5.31. The number of carbonyl (C=O) groups is 3. The van der Waals surface area contributed by atoms with Gasteiger partial charge in [0.15, 0.2) is 5.82 Å². The van der Waals surface area contributed by atoms with Gasteiger partial charge in [0.25, 0.3) is 0 Å². The van der Waals surface area contributed by atoms with Crippen LogP contribution in [-0.4, -0.2) is 29.4 Å². The SMILES string of the molecule is CC(=O)Nc1ccc(NC(=O)CN(C(C)=O)c2cc(C)on2)cc1. The van der Waals surface area contributed by atoms with Crippen LogP contribution in [0.15, 0.2) is 34.9 Å². The number of aryl methyl sites for hydroxylation is 1. The Labute approximate surface area is 138 Å². The van der Waals surface area contributed by atoms with E-state index in [1.54, 1.807) is 37.3 Å². The number of rotatable bonds is 5. The van der Waals surface area contributed by atoms with Crippen molar-refractivity contribution >= 4 is 34.9 Å². The van der Waals surface area contributed by atoms with E-state index in [2.05, 4.69) is 15.8 Å².